The van der Waals surface area contributed by atoms with Gasteiger partial charge in [-0.2, -0.15) is 0 Å². The van der Waals surface area contributed by atoms with E-state index in [0.717, 1.165) is 44.8 Å². The second-order valence-corrected chi connectivity index (χ2v) is 5.56. The number of carbonyl (C=O) groups excluding carboxylic acids is 1. The Morgan fingerprint density at radius 3 is 2.38 bits per heavy atom. The summed E-state index contributed by atoms with van der Waals surface area (Å²) >= 11 is 0. The van der Waals surface area contributed by atoms with Gasteiger partial charge in [-0.05, 0) is 23.8 Å². The minimum atomic E-state index is -0.264. The van der Waals surface area contributed by atoms with Gasteiger partial charge in [-0.15, -0.1) is 0 Å². The van der Waals surface area contributed by atoms with Crippen molar-refractivity contribution in [2.45, 2.75) is 6.04 Å². The van der Waals surface area contributed by atoms with Gasteiger partial charge in [0, 0.05) is 51.4 Å². The lowest BCUT2D eigenvalue weighted by atomic mass is 10.1. The molecule has 2 fully saturated rings. The maximum absolute atomic E-state index is 12.8. The zero-order valence-electron chi connectivity index (χ0n) is 12.0. The van der Waals surface area contributed by atoms with Crippen LogP contribution < -0.4 is 5.32 Å². The van der Waals surface area contributed by atoms with Gasteiger partial charge in [0.05, 0.1) is 0 Å². The zero-order valence-corrected chi connectivity index (χ0v) is 12.0. The van der Waals surface area contributed by atoms with Crippen LogP contribution in [0.3, 0.4) is 0 Å². The molecule has 1 aromatic carbocycles. The van der Waals surface area contributed by atoms with Crippen molar-refractivity contribution in [3.8, 4) is 0 Å². The van der Waals surface area contributed by atoms with E-state index in [-0.39, 0.29) is 11.7 Å². The van der Waals surface area contributed by atoms with Gasteiger partial charge in [-0.1, -0.05) is 12.1 Å². The van der Waals surface area contributed by atoms with Crippen LogP contribution in [0, 0.1) is 5.82 Å². The van der Waals surface area contributed by atoms with E-state index >= 15 is 0 Å². The summed E-state index contributed by atoms with van der Waals surface area (Å²) in [6.45, 7) is 5.59. The van der Waals surface area contributed by atoms with Gasteiger partial charge in [-0.3, -0.25) is 9.69 Å². The van der Waals surface area contributed by atoms with Gasteiger partial charge < -0.3 is 10.2 Å². The fraction of sp³-hybridized carbons (Fsp3) is 0.438. The van der Waals surface area contributed by atoms with Crippen LogP contribution in [0.2, 0.25) is 0 Å². The highest BCUT2D eigenvalue weighted by Crippen LogP contribution is 2.11. The second kappa shape index (κ2) is 6.37. The molecule has 0 unspecified atom stereocenters. The summed E-state index contributed by atoms with van der Waals surface area (Å²) < 4.78 is 12.8. The Morgan fingerprint density at radius 1 is 1.14 bits per heavy atom. The van der Waals surface area contributed by atoms with Crippen LogP contribution in [-0.4, -0.2) is 61.0 Å². The molecule has 4 nitrogen and oxygen atoms in total. The molecule has 0 spiro atoms. The molecule has 21 heavy (non-hydrogen) atoms. The van der Waals surface area contributed by atoms with Crippen LogP contribution in [0.15, 0.2) is 30.3 Å². The van der Waals surface area contributed by atoms with Crippen molar-refractivity contribution in [3.63, 3.8) is 0 Å². The van der Waals surface area contributed by atoms with Crippen LogP contribution in [0.25, 0.3) is 6.08 Å². The molecule has 0 atom stereocenters. The van der Waals surface area contributed by atoms with E-state index in [1.54, 1.807) is 24.3 Å². The van der Waals surface area contributed by atoms with Crippen LogP contribution in [0.4, 0.5) is 4.39 Å². The maximum atomic E-state index is 12.8. The number of piperazine rings is 1. The van der Waals surface area contributed by atoms with Gasteiger partial charge in [-0.25, -0.2) is 4.39 Å². The van der Waals surface area contributed by atoms with Crippen molar-refractivity contribution in [2.24, 2.45) is 0 Å². The summed E-state index contributed by atoms with van der Waals surface area (Å²) in [5.74, 6) is -0.231. The van der Waals surface area contributed by atoms with Gasteiger partial charge in [0.15, 0.2) is 0 Å². The summed E-state index contributed by atoms with van der Waals surface area (Å²) in [7, 11) is 0. The standard InChI is InChI=1S/C16H20FN3O/c17-14-4-1-13(2-5-14)3-6-16(21)20-9-7-19(8-10-20)15-11-18-12-15/h1-6,15,18H,7-12H2/b6-3+. The maximum Gasteiger partial charge on any atom is 0.246 e. The average Bonchev–Trinajstić information content (AvgIpc) is 2.45. The summed E-state index contributed by atoms with van der Waals surface area (Å²) in [5.41, 5.74) is 0.837. The first kappa shape index (κ1) is 14.2. The predicted octanol–water partition coefficient (Wildman–Crippen LogP) is 0.955. The Kier molecular flexibility index (Phi) is 4.31. The quantitative estimate of drug-likeness (QED) is 0.842. The third-order valence-corrected chi connectivity index (χ3v) is 4.19. The Balaban J connectivity index is 1.50. The number of amides is 1. The van der Waals surface area contributed by atoms with Gasteiger partial charge in [0.2, 0.25) is 5.91 Å². The number of hydrogen-bond acceptors (Lipinski definition) is 3. The highest BCUT2D eigenvalue weighted by Gasteiger charge is 2.28. The number of carbonyl (C=O) groups is 1. The van der Waals surface area contributed by atoms with E-state index in [0.29, 0.717) is 6.04 Å². The first-order chi connectivity index (χ1) is 10.2. The number of benzene rings is 1. The smallest absolute Gasteiger partial charge is 0.246 e. The molecule has 2 aliphatic rings. The highest BCUT2D eigenvalue weighted by atomic mass is 19.1. The highest BCUT2D eigenvalue weighted by molar-refractivity contribution is 5.91. The van der Waals surface area contributed by atoms with Crippen molar-refractivity contribution in [1.29, 1.82) is 0 Å². The molecule has 0 radical (unpaired) electrons. The number of nitrogens with zero attached hydrogens (tertiary/aromatic N) is 2. The minimum Gasteiger partial charge on any atom is -0.337 e. The summed E-state index contributed by atoms with van der Waals surface area (Å²) in [6, 6.07) is 6.78. The van der Waals surface area contributed by atoms with Gasteiger partial charge in [0.1, 0.15) is 5.82 Å². The minimum absolute atomic E-state index is 0.0331. The second-order valence-electron chi connectivity index (χ2n) is 5.56. The summed E-state index contributed by atoms with van der Waals surface area (Å²) in [5, 5.41) is 3.27. The molecule has 3 rings (SSSR count). The molecule has 1 amide bonds. The molecule has 5 heteroatoms. The van der Waals surface area contributed by atoms with Crippen LogP contribution in [0.5, 0.6) is 0 Å². The predicted molar refractivity (Wildman–Crippen MR) is 80.2 cm³/mol. The van der Waals surface area contributed by atoms with E-state index in [9.17, 15) is 9.18 Å². The number of hydrogen-bond donors (Lipinski definition) is 1. The molecular weight excluding hydrogens is 269 g/mol. The molecule has 2 heterocycles. The van der Waals surface area contributed by atoms with Crippen molar-refractivity contribution in [2.75, 3.05) is 39.3 Å². The molecule has 0 aliphatic carbocycles. The topological polar surface area (TPSA) is 35.6 Å². The molecule has 0 saturated carbocycles. The van der Waals surface area contributed by atoms with E-state index in [2.05, 4.69) is 10.2 Å². The van der Waals surface area contributed by atoms with Gasteiger partial charge in [0.25, 0.3) is 0 Å². The monoisotopic (exact) mass is 289 g/mol. The Hall–Kier alpha value is -1.72. The lowest BCUT2D eigenvalue weighted by Gasteiger charge is -2.43. The fourth-order valence-corrected chi connectivity index (χ4v) is 2.69. The third kappa shape index (κ3) is 3.49. The van der Waals surface area contributed by atoms with E-state index in [4.69, 9.17) is 0 Å². The van der Waals surface area contributed by atoms with E-state index in [1.165, 1.54) is 12.1 Å². The van der Waals surface area contributed by atoms with Crippen molar-refractivity contribution in [3.05, 3.63) is 41.7 Å². The molecule has 0 bridgehead atoms. The van der Waals surface area contributed by atoms with E-state index in [1.807, 2.05) is 4.90 Å². The molecule has 112 valence electrons. The van der Waals surface area contributed by atoms with Crippen LogP contribution in [0.1, 0.15) is 5.56 Å². The number of nitrogens with one attached hydrogen (secondary N) is 1. The molecule has 2 saturated heterocycles. The van der Waals surface area contributed by atoms with Crippen LogP contribution in [-0.2, 0) is 4.79 Å². The normalized spacial score (nSPS) is 20.7. The zero-order chi connectivity index (χ0) is 14.7. The van der Waals surface area contributed by atoms with Crippen molar-refractivity contribution >= 4 is 12.0 Å². The molecule has 1 aromatic rings. The van der Waals surface area contributed by atoms with Gasteiger partial charge >= 0.3 is 0 Å². The van der Waals surface area contributed by atoms with E-state index < -0.39 is 0 Å². The Labute approximate surface area is 124 Å². The first-order valence-electron chi connectivity index (χ1n) is 7.40. The summed E-state index contributed by atoms with van der Waals surface area (Å²) in [4.78, 5) is 16.5. The lowest BCUT2D eigenvalue weighted by Crippen LogP contribution is -2.61. The third-order valence-electron chi connectivity index (χ3n) is 4.19. The van der Waals surface area contributed by atoms with Crippen molar-refractivity contribution < 1.29 is 9.18 Å². The SMILES string of the molecule is O=C(/C=C/c1ccc(F)cc1)N1CCN(C2CNC2)CC1. The molecule has 2 aliphatic heterocycles. The molecule has 1 N–H and O–H groups in total. The Bertz CT molecular complexity index is 517. The lowest BCUT2D eigenvalue weighted by molar-refractivity contribution is -0.128. The molecular formula is C16H20FN3O. The number of rotatable bonds is 3. The number of halogens is 1. The van der Waals surface area contributed by atoms with Crippen LogP contribution >= 0.6 is 0 Å². The first-order valence-corrected chi connectivity index (χ1v) is 7.40. The largest absolute Gasteiger partial charge is 0.337 e. The Morgan fingerprint density at radius 2 is 1.81 bits per heavy atom. The summed E-state index contributed by atoms with van der Waals surface area (Å²) in [6.07, 6.45) is 3.32. The molecule has 0 aromatic heterocycles. The van der Waals surface area contributed by atoms with Crippen molar-refractivity contribution in [1.82, 2.24) is 15.1 Å². The fourth-order valence-electron chi connectivity index (χ4n) is 2.69. The average molecular weight is 289 g/mol.